The van der Waals surface area contributed by atoms with Crippen LogP contribution in [0.1, 0.15) is 51.5 Å². The molecule has 1 aromatic rings. The van der Waals surface area contributed by atoms with Crippen LogP contribution in [0.3, 0.4) is 0 Å². The minimum atomic E-state index is -0.187. The smallest absolute Gasteiger partial charge is 0.233 e. The van der Waals surface area contributed by atoms with Gasteiger partial charge in [-0.25, -0.2) is 0 Å². The average molecular weight is 275 g/mol. The van der Waals surface area contributed by atoms with Crippen molar-refractivity contribution in [3.8, 4) is 5.75 Å². The molecule has 1 fully saturated rings. The summed E-state index contributed by atoms with van der Waals surface area (Å²) in [6.45, 7) is 6.74. The van der Waals surface area contributed by atoms with Crippen LogP contribution in [0.25, 0.3) is 0 Å². The highest BCUT2D eigenvalue weighted by Crippen LogP contribution is 2.43. The summed E-state index contributed by atoms with van der Waals surface area (Å²) in [5.41, 5.74) is 1.69. The molecule has 1 aliphatic rings. The molecular formula is C17H25NO2. The van der Waals surface area contributed by atoms with E-state index in [-0.39, 0.29) is 17.1 Å². The van der Waals surface area contributed by atoms with E-state index in [1.165, 1.54) is 0 Å². The second-order valence-corrected chi connectivity index (χ2v) is 5.86. The molecule has 0 spiro atoms. The van der Waals surface area contributed by atoms with E-state index < -0.39 is 0 Å². The van der Waals surface area contributed by atoms with Crippen molar-refractivity contribution in [2.45, 2.75) is 52.9 Å². The normalized spacial score (nSPS) is 17.1. The summed E-state index contributed by atoms with van der Waals surface area (Å²) in [6, 6.07) is 5.24. The minimum absolute atomic E-state index is 0.187. The molecule has 0 heterocycles. The fourth-order valence-electron chi connectivity index (χ4n) is 3.37. The van der Waals surface area contributed by atoms with E-state index in [1.54, 1.807) is 12.1 Å². The fraction of sp³-hybridized carbons (Fsp3) is 0.588. The number of benzene rings is 1. The van der Waals surface area contributed by atoms with E-state index in [1.807, 2.05) is 24.8 Å². The molecule has 1 saturated carbocycles. The minimum Gasteiger partial charge on any atom is -0.508 e. The van der Waals surface area contributed by atoms with Crippen LogP contribution in [-0.4, -0.2) is 17.6 Å². The molecule has 0 radical (unpaired) electrons. The summed E-state index contributed by atoms with van der Waals surface area (Å²) in [5, 5.41) is 9.71. The Morgan fingerprint density at radius 1 is 1.30 bits per heavy atom. The summed E-state index contributed by atoms with van der Waals surface area (Å²) in [6.07, 6.45) is 5.19. The number of carbonyl (C=O) groups excluding carboxylic acids is 1. The van der Waals surface area contributed by atoms with Gasteiger partial charge in [0.15, 0.2) is 0 Å². The number of aryl methyl sites for hydroxylation is 1. The van der Waals surface area contributed by atoms with E-state index in [0.717, 1.165) is 43.4 Å². The van der Waals surface area contributed by atoms with Gasteiger partial charge in [0.1, 0.15) is 5.75 Å². The van der Waals surface area contributed by atoms with Gasteiger partial charge >= 0.3 is 0 Å². The molecule has 3 nitrogen and oxygen atoms in total. The van der Waals surface area contributed by atoms with Gasteiger partial charge in [0, 0.05) is 18.0 Å². The van der Waals surface area contributed by atoms with Crippen LogP contribution in [0.4, 0.5) is 5.69 Å². The van der Waals surface area contributed by atoms with Gasteiger partial charge in [0.2, 0.25) is 5.91 Å². The zero-order chi connectivity index (χ0) is 14.8. The van der Waals surface area contributed by atoms with Crippen molar-refractivity contribution >= 4 is 11.6 Å². The van der Waals surface area contributed by atoms with Gasteiger partial charge < -0.3 is 10.0 Å². The molecule has 0 aliphatic heterocycles. The van der Waals surface area contributed by atoms with Crippen LogP contribution in [0.5, 0.6) is 5.75 Å². The Labute approximate surface area is 121 Å². The Balaban J connectivity index is 2.36. The largest absolute Gasteiger partial charge is 0.508 e. The van der Waals surface area contributed by atoms with E-state index in [2.05, 4.69) is 6.92 Å². The first-order valence-electron chi connectivity index (χ1n) is 7.65. The molecule has 1 amide bonds. The number of rotatable bonds is 4. The maximum atomic E-state index is 13.0. The first-order chi connectivity index (χ1) is 9.54. The first kappa shape index (κ1) is 14.9. The number of phenols is 1. The molecule has 0 aromatic heterocycles. The van der Waals surface area contributed by atoms with Crippen molar-refractivity contribution in [2.24, 2.45) is 5.41 Å². The van der Waals surface area contributed by atoms with Gasteiger partial charge in [0.25, 0.3) is 0 Å². The molecule has 0 saturated heterocycles. The van der Waals surface area contributed by atoms with E-state index in [0.29, 0.717) is 6.54 Å². The van der Waals surface area contributed by atoms with Crippen LogP contribution in [0, 0.1) is 12.3 Å². The standard InChI is InChI=1S/C17H25NO2/c1-4-17(10-6-7-11-17)16(20)18(5-2)15-12-14(19)9-8-13(15)3/h8-9,12,19H,4-7,10-11H2,1-3H3. The summed E-state index contributed by atoms with van der Waals surface area (Å²) in [4.78, 5) is 14.9. The van der Waals surface area contributed by atoms with Crippen LogP contribution < -0.4 is 4.90 Å². The summed E-state index contributed by atoms with van der Waals surface area (Å²) < 4.78 is 0. The summed E-state index contributed by atoms with van der Waals surface area (Å²) in [7, 11) is 0. The van der Waals surface area contributed by atoms with Crippen LogP contribution >= 0.6 is 0 Å². The van der Waals surface area contributed by atoms with Gasteiger partial charge in [-0.2, -0.15) is 0 Å². The molecule has 1 aliphatic carbocycles. The van der Waals surface area contributed by atoms with E-state index >= 15 is 0 Å². The van der Waals surface area contributed by atoms with Crippen molar-refractivity contribution < 1.29 is 9.90 Å². The lowest BCUT2D eigenvalue weighted by Gasteiger charge is -2.34. The van der Waals surface area contributed by atoms with Gasteiger partial charge in [-0.1, -0.05) is 25.8 Å². The van der Waals surface area contributed by atoms with Gasteiger partial charge in [-0.3, -0.25) is 4.79 Å². The highest BCUT2D eigenvalue weighted by Gasteiger charge is 2.42. The lowest BCUT2D eigenvalue weighted by molar-refractivity contribution is -0.128. The molecule has 1 N–H and O–H groups in total. The average Bonchev–Trinajstić information content (AvgIpc) is 2.93. The fourth-order valence-corrected chi connectivity index (χ4v) is 3.37. The summed E-state index contributed by atoms with van der Waals surface area (Å²) >= 11 is 0. The maximum Gasteiger partial charge on any atom is 0.233 e. The second kappa shape index (κ2) is 5.86. The Bertz CT molecular complexity index is 490. The number of aromatic hydroxyl groups is 1. The van der Waals surface area contributed by atoms with Crippen LogP contribution in [0.2, 0.25) is 0 Å². The molecule has 110 valence electrons. The number of nitrogens with zero attached hydrogens (tertiary/aromatic N) is 1. The molecule has 0 unspecified atom stereocenters. The Morgan fingerprint density at radius 3 is 2.50 bits per heavy atom. The predicted molar refractivity (Wildman–Crippen MR) is 82.1 cm³/mol. The van der Waals surface area contributed by atoms with Crippen LogP contribution in [-0.2, 0) is 4.79 Å². The molecule has 0 atom stereocenters. The molecule has 1 aromatic carbocycles. The Morgan fingerprint density at radius 2 is 1.95 bits per heavy atom. The Hall–Kier alpha value is -1.51. The topological polar surface area (TPSA) is 40.5 Å². The van der Waals surface area contributed by atoms with E-state index in [9.17, 15) is 9.90 Å². The predicted octanol–water partition coefficient (Wildman–Crippen LogP) is 4.02. The molecular weight excluding hydrogens is 250 g/mol. The lowest BCUT2D eigenvalue weighted by Crippen LogP contribution is -2.42. The van der Waals surface area contributed by atoms with Crippen molar-refractivity contribution in [3.63, 3.8) is 0 Å². The number of amides is 1. The van der Waals surface area contributed by atoms with Crippen LogP contribution in [0.15, 0.2) is 18.2 Å². The third kappa shape index (κ3) is 2.54. The van der Waals surface area contributed by atoms with Crippen molar-refractivity contribution in [1.82, 2.24) is 0 Å². The third-order valence-electron chi connectivity index (χ3n) is 4.74. The number of hydrogen-bond acceptors (Lipinski definition) is 2. The van der Waals surface area contributed by atoms with E-state index in [4.69, 9.17) is 0 Å². The van der Waals surface area contributed by atoms with Crippen molar-refractivity contribution in [1.29, 1.82) is 0 Å². The first-order valence-corrected chi connectivity index (χ1v) is 7.65. The van der Waals surface area contributed by atoms with Gasteiger partial charge in [-0.05, 0) is 44.7 Å². The zero-order valence-electron chi connectivity index (χ0n) is 12.8. The molecule has 20 heavy (non-hydrogen) atoms. The molecule has 2 rings (SSSR count). The number of carbonyl (C=O) groups is 1. The molecule has 0 bridgehead atoms. The van der Waals surface area contributed by atoms with Gasteiger partial charge in [0.05, 0.1) is 5.69 Å². The quantitative estimate of drug-likeness (QED) is 0.901. The van der Waals surface area contributed by atoms with Gasteiger partial charge in [-0.15, -0.1) is 0 Å². The van der Waals surface area contributed by atoms with Crippen molar-refractivity contribution in [3.05, 3.63) is 23.8 Å². The highest BCUT2D eigenvalue weighted by molar-refractivity contribution is 5.98. The SMILES string of the molecule is CCN(C(=O)C1(CC)CCCC1)c1cc(O)ccc1C. The number of phenolic OH excluding ortho intramolecular Hbond substituents is 1. The summed E-state index contributed by atoms with van der Waals surface area (Å²) in [5.74, 6) is 0.447. The second-order valence-electron chi connectivity index (χ2n) is 5.86. The highest BCUT2D eigenvalue weighted by atomic mass is 16.3. The lowest BCUT2D eigenvalue weighted by atomic mass is 9.81. The molecule has 3 heteroatoms. The van der Waals surface area contributed by atoms with Crippen molar-refractivity contribution in [2.75, 3.05) is 11.4 Å². The number of anilines is 1. The monoisotopic (exact) mass is 275 g/mol. The maximum absolute atomic E-state index is 13.0. The third-order valence-corrected chi connectivity index (χ3v) is 4.74. The Kier molecular flexibility index (Phi) is 4.36. The number of hydrogen-bond donors (Lipinski definition) is 1. The zero-order valence-corrected chi connectivity index (χ0v) is 12.8.